The summed E-state index contributed by atoms with van der Waals surface area (Å²) in [5.74, 6) is 0.913. The molecular formula is C17H20BrNO. The normalized spacial score (nSPS) is 10.5. The van der Waals surface area contributed by atoms with Crippen molar-refractivity contribution in [2.75, 3.05) is 6.54 Å². The van der Waals surface area contributed by atoms with Gasteiger partial charge in [0.1, 0.15) is 12.4 Å². The zero-order chi connectivity index (χ0) is 14.2. The highest BCUT2D eigenvalue weighted by Gasteiger charge is 2.01. The highest BCUT2D eigenvalue weighted by Crippen LogP contribution is 2.19. The molecule has 2 aromatic rings. The highest BCUT2D eigenvalue weighted by molar-refractivity contribution is 9.10. The number of ether oxygens (including phenoxy) is 1. The molecule has 0 saturated carbocycles. The van der Waals surface area contributed by atoms with Crippen molar-refractivity contribution in [1.82, 2.24) is 5.32 Å². The quantitative estimate of drug-likeness (QED) is 0.751. The van der Waals surface area contributed by atoms with Crippen molar-refractivity contribution >= 4 is 15.9 Å². The Morgan fingerprint density at radius 3 is 2.75 bits per heavy atom. The molecule has 1 N–H and O–H groups in total. The van der Waals surface area contributed by atoms with Crippen molar-refractivity contribution in [2.24, 2.45) is 0 Å². The van der Waals surface area contributed by atoms with Crippen LogP contribution in [-0.2, 0) is 13.2 Å². The van der Waals surface area contributed by atoms with Crippen LogP contribution in [0.2, 0.25) is 0 Å². The van der Waals surface area contributed by atoms with Gasteiger partial charge in [0.2, 0.25) is 0 Å². The fourth-order valence-electron chi connectivity index (χ4n) is 1.93. The van der Waals surface area contributed by atoms with Gasteiger partial charge in [-0.05, 0) is 36.7 Å². The van der Waals surface area contributed by atoms with Gasteiger partial charge in [0.15, 0.2) is 0 Å². The lowest BCUT2D eigenvalue weighted by molar-refractivity contribution is 0.305. The van der Waals surface area contributed by atoms with Gasteiger partial charge in [0.25, 0.3) is 0 Å². The molecule has 0 bridgehead atoms. The second-order valence-electron chi connectivity index (χ2n) is 4.70. The van der Waals surface area contributed by atoms with Gasteiger partial charge in [-0.25, -0.2) is 0 Å². The number of nitrogens with one attached hydrogen (secondary N) is 1. The Kier molecular flexibility index (Phi) is 6.09. The summed E-state index contributed by atoms with van der Waals surface area (Å²) in [6.07, 6.45) is 1.15. The third-order valence-corrected chi connectivity index (χ3v) is 3.78. The van der Waals surface area contributed by atoms with Crippen LogP contribution in [0.1, 0.15) is 24.5 Å². The second-order valence-corrected chi connectivity index (χ2v) is 5.56. The summed E-state index contributed by atoms with van der Waals surface area (Å²) >= 11 is 3.54. The summed E-state index contributed by atoms with van der Waals surface area (Å²) in [7, 11) is 0. The minimum atomic E-state index is 0.577. The maximum Gasteiger partial charge on any atom is 0.120 e. The van der Waals surface area contributed by atoms with Gasteiger partial charge < -0.3 is 10.1 Å². The molecule has 0 atom stereocenters. The molecule has 0 radical (unpaired) electrons. The minimum absolute atomic E-state index is 0.577. The summed E-state index contributed by atoms with van der Waals surface area (Å²) in [5, 5.41) is 3.40. The van der Waals surface area contributed by atoms with E-state index in [1.165, 1.54) is 5.56 Å². The zero-order valence-corrected chi connectivity index (χ0v) is 13.3. The lowest BCUT2D eigenvalue weighted by Crippen LogP contribution is -2.13. The van der Waals surface area contributed by atoms with Crippen LogP contribution in [0.5, 0.6) is 5.75 Å². The molecule has 20 heavy (non-hydrogen) atoms. The van der Waals surface area contributed by atoms with Gasteiger partial charge in [-0.15, -0.1) is 0 Å². The molecule has 106 valence electrons. The average Bonchev–Trinajstić information content (AvgIpc) is 2.47. The Hall–Kier alpha value is -1.32. The summed E-state index contributed by atoms with van der Waals surface area (Å²) in [6.45, 7) is 4.68. The summed E-state index contributed by atoms with van der Waals surface area (Å²) in [4.78, 5) is 0. The first-order chi connectivity index (χ1) is 9.79. The van der Waals surface area contributed by atoms with Crippen molar-refractivity contribution < 1.29 is 4.74 Å². The van der Waals surface area contributed by atoms with Gasteiger partial charge >= 0.3 is 0 Å². The van der Waals surface area contributed by atoms with E-state index >= 15 is 0 Å². The van der Waals surface area contributed by atoms with Crippen molar-refractivity contribution in [3.05, 3.63) is 64.1 Å². The Bertz CT molecular complexity index is 542. The fourth-order valence-corrected chi connectivity index (χ4v) is 2.33. The SMILES string of the molecule is CCCNCc1cccc(OCc2ccccc2Br)c1. The van der Waals surface area contributed by atoms with E-state index in [0.717, 1.165) is 35.3 Å². The Morgan fingerprint density at radius 2 is 1.95 bits per heavy atom. The summed E-state index contributed by atoms with van der Waals surface area (Å²) < 4.78 is 6.95. The van der Waals surface area contributed by atoms with Gasteiger partial charge in [-0.3, -0.25) is 0 Å². The molecule has 0 aliphatic rings. The first-order valence-corrected chi connectivity index (χ1v) is 7.74. The van der Waals surface area contributed by atoms with Gasteiger partial charge in [-0.2, -0.15) is 0 Å². The number of benzene rings is 2. The minimum Gasteiger partial charge on any atom is -0.489 e. The third-order valence-electron chi connectivity index (χ3n) is 3.01. The summed E-state index contributed by atoms with van der Waals surface area (Å²) in [6, 6.07) is 16.4. The van der Waals surface area contributed by atoms with E-state index in [1.807, 2.05) is 30.3 Å². The molecule has 2 nitrogen and oxygen atoms in total. The first kappa shape index (κ1) is 15.1. The molecule has 0 amide bonds. The molecule has 0 spiro atoms. The fraction of sp³-hybridized carbons (Fsp3) is 0.294. The molecule has 0 aliphatic heterocycles. The number of rotatable bonds is 7. The van der Waals surface area contributed by atoms with Crippen LogP contribution < -0.4 is 10.1 Å². The van der Waals surface area contributed by atoms with E-state index in [4.69, 9.17) is 4.74 Å². The molecule has 0 aromatic heterocycles. The van der Waals surface area contributed by atoms with Crippen LogP contribution in [0.15, 0.2) is 53.0 Å². The molecule has 0 aliphatic carbocycles. The average molecular weight is 334 g/mol. The molecule has 0 unspecified atom stereocenters. The lowest BCUT2D eigenvalue weighted by atomic mass is 10.2. The molecular weight excluding hydrogens is 314 g/mol. The Morgan fingerprint density at radius 1 is 1.10 bits per heavy atom. The van der Waals surface area contributed by atoms with E-state index in [2.05, 4.69) is 46.4 Å². The number of halogens is 1. The van der Waals surface area contributed by atoms with Crippen molar-refractivity contribution in [3.8, 4) is 5.75 Å². The molecule has 0 saturated heterocycles. The van der Waals surface area contributed by atoms with Crippen molar-refractivity contribution in [3.63, 3.8) is 0 Å². The van der Waals surface area contributed by atoms with Gasteiger partial charge in [0.05, 0.1) is 0 Å². The van der Waals surface area contributed by atoms with Gasteiger partial charge in [-0.1, -0.05) is 53.2 Å². The molecule has 0 fully saturated rings. The zero-order valence-electron chi connectivity index (χ0n) is 11.7. The Balaban J connectivity index is 1.93. The van der Waals surface area contributed by atoms with Crippen LogP contribution in [0.25, 0.3) is 0 Å². The highest BCUT2D eigenvalue weighted by atomic mass is 79.9. The molecule has 2 rings (SSSR count). The Labute approximate surface area is 129 Å². The van der Waals surface area contributed by atoms with Gasteiger partial charge in [0, 0.05) is 16.6 Å². The topological polar surface area (TPSA) is 21.3 Å². The maximum absolute atomic E-state index is 5.86. The smallest absolute Gasteiger partial charge is 0.120 e. The number of hydrogen-bond donors (Lipinski definition) is 1. The number of hydrogen-bond acceptors (Lipinski definition) is 2. The van der Waals surface area contributed by atoms with Crippen LogP contribution in [-0.4, -0.2) is 6.54 Å². The largest absolute Gasteiger partial charge is 0.489 e. The molecule has 0 heterocycles. The van der Waals surface area contributed by atoms with Crippen LogP contribution in [0, 0.1) is 0 Å². The first-order valence-electron chi connectivity index (χ1n) is 6.95. The lowest BCUT2D eigenvalue weighted by Gasteiger charge is -2.10. The van der Waals surface area contributed by atoms with Crippen LogP contribution in [0.4, 0.5) is 0 Å². The standard InChI is InChI=1S/C17H20BrNO/c1-2-10-19-12-14-6-5-8-16(11-14)20-13-15-7-3-4-9-17(15)18/h3-9,11,19H,2,10,12-13H2,1H3. The second kappa shape index (κ2) is 8.08. The van der Waals surface area contributed by atoms with E-state index in [9.17, 15) is 0 Å². The molecule has 2 aromatic carbocycles. The van der Waals surface area contributed by atoms with Crippen molar-refractivity contribution in [2.45, 2.75) is 26.5 Å². The third kappa shape index (κ3) is 4.66. The van der Waals surface area contributed by atoms with Crippen LogP contribution in [0.3, 0.4) is 0 Å². The maximum atomic E-state index is 5.86. The van der Waals surface area contributed by atoms with E-state index in [-0.39, 0.29) is 0 Å². The van der Waals surface area contributed by atoms with Crippen molar-refractivity contribution in [1.29, 1.82) is 0 Å². The van der Waals surface area contributed by atoms with E-state index in [1.54, 1.807) is 0 Å². The predicted molar refractivity (Wildman–Crippen MR) is 86.9 cm³/mol. The van der Waals surface area contributed by atoms with Crippen LogP contribution >= 0.6 is 15.9 Å². The van der Waals surface area contributed by atoms with E-state index in [0.29, 0.717) is 6.61 Å². The van der Waals surface area contributed by atoms with E-state index < -0.39 is 0 Å². The molecule has 3 heteroatoms. The monoisotopic (exact) mass is 333 g/mol. The predicted octanol–water partition coefficient (Wildman–Crippen LogP) is 4.53. The summed E-state index contributed by atoms with van der Waals surface area (Å²) in [5.41, 5.74) is 2.41.